The molecule has 0 unspecified atom stereocenters. The molecular weight excluding hydrogens is 192 g/mol. The summed E-state index contributed by atoms with van der Waals surface area (Å²) in [6.45, 7) is 0. The van der Waals surface area contributed by atoms with Gasteiger partial charge in [-0.25, -0.2) is 0 Å². The van der Waals surface area contributed by atoms with Crippen molar-refractivity contribution < 1.29 is 4.74 Å². The molecule has 0 N–H and O–H groups in total. The van der Waals surface area contributed by atoms with Gasteiger partial charge in [0.1, 0.15) is 0 Å². The van der Waals surface area contributed by atoms with Crippen LogP contribution in [0.1, 0.15) is 0 Å². The van der Waals surface area contributed by atoms with E-state index in [-0.39, 0.29) is 0 Å². The Balaban J connectivity index is 3.47. The summed E-state index contributed by atoms with van der Waals surface area (Å²) < 4.78 is 5.90. The minimum atomic E-state index is 0.481. The number of ether oxygens (including phenoxy) is 1. The maximum atomic E-state index is 4.94. The highest BCUT2D eigenvalue weighted by molar-refractivity contribution is 8.24. The van der Waals surface area contributed by atoms with Crippen LogP contribution in [-0.4, -0.2) is 21.3 Å². The average Bonchev–Trinajstić information content (AvgIpc) is 1.87. The Hall–Kier alpha value is 0.680. The zero-order valence-electron chi connectivity index (χ0n) is 5.04. The van der Waals surface area contributed by atoms with Crippen molar-refractivity contribution in [1.29, 1.82) is 0 Å². The quantitative estimate of drug-likeness (QED) is 0.551. The normalized spacial score (nSPS) is 8.67. The lowest BCUT2D eigenvalue weighted by Crippen LogP contribution is -1.99. The number of thiocarbonyl (C=S) groups is 2. The van der Waals surface area contributed by atoms with Gasteiger partial charge in [-0.15, -0.1) is 0 Å². The van der Waals surface area contributed by atoms with Gasteiger partial charge in [0.2, 0.25) is 8.77 Å². The van der Waals surface area contributed by atoms with Gasteiger partial charge in [0.25, 0.3) is 0 Å². The van der Waals surface area contributed by atoms with Gasteiger partial charge < -0.3 is 4.74 Å². The Morgan fingerprint density at radius 1 is 1.11 bits per heavy atom. The van der Waals surface area contributed by atoms with Gasteiger partial charge in [0.05, 0.1) is 0 Å². The molecule has 0 radical (unpaired) electrons. The van der Waals surface area contributed by atoms with Gasteiger partial charge in [0, 0.05) is 0 Å². The van der Waals surface area contributed by atoms with E-state index in [2.05, 4.69) is 0 Å². The molecular formula is C4H6OS4. The van der Waals surface area contributed by atoms with Crippen molar-refractivity contribution in [2.45, 2.75) is 0 Å². The first-order valence-electron chi connectivity index (χ1n) is 2.04. The third kappa shape index (κ3) is 5.14. The summed E-state index contributed by atoms with van der Waals surface area (Å²) in [5.41, 5.74) is 0. The van der Waals surface area contributed by atoms with Gasteiger partial charge >= 0.3 is 0 Å². The molecule has 0 heterocycles. The molecule has 0 atom stereocenters. The van der Waals surface area contributed by atoms with Crippen LogP contribution in [0.4, 0.5) is 0 Å². The van der Waals surface area contributed by atoms with Crippen molar-refractivity contribution in [2.24, 2.45) is 0 Å². The third-order valence-corrected chi connectivity index (χ3v) is 2.50. The lowest BCUT2D eigenvalue weighted by atomic mass is 11.5. The van der Waals surface area contributed by atoms with Crippen molar-refractivity contribution in [3.63, 3.8) is 0 Å². The fourth-order valence-electron chi connectivity index (χ4n) is 0.151. The summed E-state index contributed by atoms with van der Waals surface area (Å²) >= 11 is 12.2. The van der Waals surface area contributed by atoms with E-state index in [4.69, 9.17) is 29.2 Å². The Morgan fingerprint density at radius 2 is 1.44 bits per heavy atom. The molecule has 0 saturated heterocycles. The first-order chi connectivity index (χ1) is 4.20. The highest BCUT2D eigenvalue weighted by Gasteiger charge is 1.97. The van der Waals surface area contributed by atoms with E-state index < -0.39 is 0 Å². The number of hydrogen-bond acceptors (Lipinski definition) is 5. The molecule has 0 bridgehead atoms. The lowest BCUT2D eigenvalue weighted by molar-refractivity contribution is 0.606. The van der Waals surface area contributed by atoms with E-state index in [0.29, 0.717) is 8.77 Å². The van der Waals surface area contributed by atoms with E-state index in [9.17, 15) is 0 Å². The SMILES string of the molecule is CSC(=S)OC(=S)SC. The topological polar surface area (TPSA) is 9.23 Å². The van der Waals surface area contributed by atoms with Crippen molar-refractivity contribution in [3.8, 4) is 0 Å². The van der Waals surface area contributed by atoms with Gasteiger partial charge in [-0.1, -0.05) is 23.5 Å². The van der Waals surface area contributed by atoms with Crippen molar-refractivity contribution in [1.82, 2.24) is 0 Å². The van der Waals surface area contributed by atoms with Crippen LogP contribution in [-0.2, 0) is 4.74 Å². The smallest absolute Gasteiger partial charge is 0.227 e. The Morgan fingerprint density at radius 3 is 1.67 bits per heavy atom. The minimum absolute atomic E-state index is 0.481. The van der Waals surface area contributed by atoms with Crippen LogP contribution in [0.2, 0.25) is 0 Å². The second-order valence-corrected chi connectivity index (χ2v) is 3.83. The minimum Gasteiger partial charge on any atom is -0.422 e. The van der Waals surface area contributed by atoms with Gasteiger partial charge in [0.15, 0.2) is 0 Å². The molecule has 52 valence electrons. The summed E-state index contributed by atoms with van der Waals surface area (Å²) in [7, 11) is 0. The zero-order chi connectivity index (χ0) is 7.28. The third-order valence-electron chi connectivity index (χ3n) is 0.500. The van der Waals surface area contributed by atoms with Gasteiger partial charge in [-0.3, -0.25) is 0 Å². The van der Waals surface area contributed by atoms with Crippen molar-refractivity contribution in [2.75, 3.05) is 12.5 Å². The molecule has 0 rings (SSSR count). The summed E-state index contributed by atoms with van der Waals surface area (Å²) in [4.78, 5) is 0. The molecule has 0 spiro atoms. The second kappa shape index (κ2) is 5.46. The van der Waals surface area contributed by atoms with Crippen LogP contribution in [0, 0.1) is 0 Å². The van der Waals surface area contributed by atoms with E-state index in [0.717, 1.165) is 0 Å². The molecule has 0 saturated carbocycles. The molecule has 0 aliphatic carbocycles. The number of thioether (sulfide) groups is 2. The molecule has 0 aromatic rings. The fraction of sp³-hybridized carbons (Fsp3) is 0.500. The van der Waals surface area contributed by atoms with Crippen LogP contribution in [0.15, 0.2) is 0 Å². The van der Waals surface area contributed by atoms with E-state index in [1.54, 1.807) is 0 Å². The van der Waals surface area contributed by atoms with Gasteiger partial charge in [-0.05, 0) is 36.9 Å². The fourth-order valence-corrected chi connectivity index (χ4v) is 0.862. The number of rotatable bonds is 0. The molecule has 0 aliphatic rings. The zero-order valence-corrected chi connectivity index (χ0v) is 8.31. The molecule has 0 aromatic heterocycles. The Labute approximate surface area is 73.9 Å². The van der Waals surface area contributed by atoms with Crippen LogP contribution < -0.4 is 0 Å². The summed E-state index contributed by atoms with van der Waals surface area (Å²) in [6, 6.07) is 0. The van der Waals surface area contributed by atoms with Crippen LogP contribution in [0.5, 0.6) is 0 Å². The maximum Gasteiger partial charge on any atom is 0.227 e. The first kappa shape index (κ1) is 9.68. The average molecular weight is 198 g/mol. The molecule has 0 fully saturated rings. The molecule has 0 amide bonds. The van der Waals surface area contributed by atoms with Crippen LogP contribution in [0.25, 0.3) is 0 Å². The Kier molecular flexibility index (Phi) is 5.88. The largest absolute Gasteiger partial charge is 0.422 e. The molecule has 5 heteroatoms. The molecule has 0 aliphatic heterocycles. The summed E-state index contributed by atoms with van der Waals surface area (Å²) in [6.07, 6.45) is 3.70. The van der Waals surface area contributed by atoms with Crippen LogP contribution in [0.3, 0.4) is 0 Å². The van der Waals surface area contributed by atoms with E-state index in [1.165, 1.54) is 23.5 Å². The second-order valence-electron chi connectivity index (χ2n) is 1.01. The van der Waals surface area contributed by atoms with Crippen molar-refractivity contribution >= 4 is 56.7 Å². The Bertz CT molecular complexity index is 108. The van der Waals surface area contributed by atoms with E-state index in [1.807, 2.05) is 12.5 Å². The van der Waals surface area contributed by atoms with Crippen LogP contribution >= 0.6 is 48.0 Å². The highest BCUT2D eigenvalue weighted by atomic mass is 32.2. The standard InChI is InChI=1S/C4H6OS4/c1-8-3(6)5-4(7)9-2/h1-2H3. The maximum absolute atomic E-state index is 4.94. The summed E-state index contributed by atoms with van der Waals surface area (Å²) in [5, 5.41) is 0. The monoisotopic (exact) mass is 198 g/mol. The lowest BCUT2D eigenvalue weighted by Gasteiger charge is -2.00. The number of hydrogen-bond donors (Lipinski definition) is 0. The predicted octanol–water partition coefficient (Wildman–Crippen LogP) is 2.30. The van der Waals surface area contributed by atoms with Gasteiger partial charge in [-0.2, -0.15) is 0 Å². The van der Waals surface area contributed by atoms with Crippen molar-refractivity contribution in [3.05, 3.63) is 0 Å². The molecule has 9 heavy (non-hydrogen) atoms. The highest BCUT2D eigenvalue weighted by Crippen LogP contribution is 2.06. The first-order valence-corrected chi connectivity index (χ1v) is 5.31. The predicted molar refractivity (Wildman–Crippen MR) is 53.3 cm³/mol. The summed E-state index contributed by atoms with van der Waals surface area (Å²) in [5.74, 6) is 0. The molecule has 0 aromatic carbocycles. The van der Waals surface area contributed by atoms with E-state index >= 15 is 0 Å². The molecule has 1 nitrogen and oxygen atoms in total.